The van der Waals surface area contributed by atoms with E-state index in [0.29, 0.717) is 10.0 Å². The molecule has 7 heteroatoms. The number of rotatable bonds is 6. The first kappa shape index (κ1) is 25.5. The van der Waals surface area contributed by atoms with Crippen LogP contribution in [0.5, 0.6) is 0 Å². The third-order valence-corrected chi connectivity index (χ3v) is 5.13. The van der Waals surface area contributed by atoms with Crippen LogP contribution in [0.15, 0.2) is 33.1 Å². The van der Waals surface area contributed by atoms with E-state index >= 15 is 0 Å². The molecule has 0 aromatic heterocycles. The Morgan fingerprint density at radius 3 is 2.04 bits per heavy atom. The molecule has 1 rings (SSSR count). The summed E-state index contributed by atoms with van der Waals surface area (Å²) < 4.78 is 53.6. The summed E-state index contributed by atoms with van der Waals surface area (Å²) in [5.41, 5.74) is 0.0985. The van der Waals surface area contributed by atoms with Crippen molar-refractivity contribution in [3.05, 3.63) is 34.3 Å². The van der Waals surface area contributed by atoms with Gasteiger partial charge in [-0.25, -0.2) is 0 Å². The monoisotopic (exact) mass is 455 g/mol. The van der Waals surface area contributed by atoms with Gasteiger partial charge >= 0.3 is 6.18 Å². The van der Waals surface area contributed by atoms with E-state index < -0.39 is 28.7 Å². The molecule has 0 aliphatic rings. The maximum Gasteiger partial charge on any atom is 0.394 e. The van der Waals surface area contributed by atoms with Crippen LogP contribution in [0.4, 0.5) is 13.2 Å². The highest BCUT2D eigenvalue weighted by molar-refractivity contribution is 9.10. The molecule has 0 fully saturated rings. The number of alkyl halides is 3. The van der Waals surface area contributed by atoms with Gasteiger partial charge in [0.25, 0.3) is 0 Å². The largest absolute Gasteiger partial charge is 0.591 e. The number of hydrogen-bond acceptors (Lipinski definition) is 2. The Labute approximate surface area is 167 Å². The fourth-order valence-electron chi connectivity index (χ4n) is 1.78. The zero-order valence-electron chi connectivity index (χ0n) is 16.1. The predicted octanol–water partition coefficient (Wildman–Crippen LogP) is 7.24. The molecule has 150 valence electrons. The topological polar surface area (TPSA) is 35.4 Å². The Morgan fingerprint density at radius 1 is 1.12 bits per heavy atom. The Morgan fingerprint density at radius 2 is 1.65 bits per heavy atom. The van der Waals surface area contributed by atoms with Crippen molar-refractivity contribution in [2.24, 2.45) is 4.40 Å². The highest BCUT2D eigenvalue weighted by Gasteiger charge is 2.34. The van der Waals surface area contributed by atoms with Gasteiger partial charge in [-0.1, -0.05) is 72.0 Å². The van der Waals surface area contributed by atoms with E-state index in [1.54, 1.807) is 32.9 Å². The fourth-order valence-corrected chi connectivity index (χ4v) is 2.83. The van der Waals surface area contributed by atoms with E-state index in [2.05, 4.69) is 34.2 Å². The lowest BCUT2D eigenvalue weighted by Gasteiger charge is -2.20. The molecule has 1 atom stereocenters. The van der Waals surface area contributed by atoms with Crippen LogP contribution in [0.25, 0.3) is 0 Å². The van der Waals surface area contributed by atoms with Gasteiger partial charge in [0.2, 0.25) is 0 Å². The molecule has 0 radical (unpaired) electrons. The Bertz CT molecular complexity index is 552. The number of halogens is 4. The molecule has 0 N–H and O–H groups in total. The van der Waals surface area contributed by atoms with Gasteiger partial charge in [0, 0.05) is 10.0 Å². The highest BCUT2D eigenvalue weighted by atomic mass is 79.9. The summed E-state index contributed by atoms with van der Waals surface area (Å²) in [4.78, 5) is 0. The lowest BCUT2D eigenvalue weighted by Crippen LogP contribution is -2.28. The van der Waals surface area contributed by atoms with Gasteiger partial charge in [-0.2, -0.15) is 13.2 Å². The second-order valence-electron chi connectivity index (χ2n) is 6.91. The molecule has 1 unspecified atom stereocenters. The SMILES string of the molecule is CC(C)(C)[S+]([O-])/N=C(/CC(F)(F)F)c1cccc(Br)c1.CCCCCC. The average Bonchev–Trinajstić information content (AvgIpc) is 2.50. The van der Waals surface area contributed by atoms with Crippen molar-refractivity contribution >= 4 is 33.0 Å². The van der Waals surface area contributed by atoms with Gasteiger partial charge in [0.15, 0.2) is 0 Å². The Hall–Kier alpha value is -0.530. The highest BCUT2D eigenvalue weighted by Crippen LogP contribution is 2.26. The minimum atomic E-state index is -4.40. The van der Waals surface area contributed by atoms with Crippen molar-refractivity contribution in [2.45, 2.75) is 77.6 Å². The first-order chi connectivity index (χ1) is 11.9. The van der Waals surface area contributed by atoms with E-state index in [1.807, 2.05) is 0 Å². The summed E-state index contributed by atoms with van der Waals surface area (Å²) in [6.45, 7) is 9.46. The fraction of sp³-hybridized carbons (Fsp3) is 0.632. The van der Waals surface area contributed by atoms with E-state index in [-0.39, 0.29) is 5.71 Å². The Balaban J connectivity index is 0.000000896. The van der Waals surface area contributed by atoms with Crippen LogP contribution in [-0.4, -0.2) is 21.2 Å². The van der Waals surface area contributed by atoms with Crippen molar-refractivity contribution in [3.8, 4) is 0 Å². The molecule has 2 nitrogen and oxygen atoms in total. The van der Waals surface area contributed by atoms with Crippen LogP contribution in [0, 0.1) is 0 Å². The van der Waals surface area contributed by atoms with Gasteiger partial charge in [-0.15, -0.1) is 0 Å². The second-order valence-corrected chi connectivity index (χ2v) is 9.73. The molecule has 0 spiro atoms. The van der Waals surface area contributed by atoms with Crippen LogP contribution >= 0.6 is 15.9 Å². The minimum Gasteiger partial charge on any atom is -0.591 e. The summed E-state index contributed by atoms with van der Waals surface area (Å²) in [6.07, 6.45) is -0.0663. The van der Waals surface area contributed by atoms with E-state index in [1.165, 1.54) is 37.8 Å². The molecular weight excluding hydrogens is 427 g/mol. The van der Waals surface area contributed by atoms with Gasteiger partial charge in [-0.3, -0.25) is 0 Å². The number of hydrogen-bond donors (Lipinski definition) is 0. The van der Waals surface area contributed by atoms with Gasteiger partial charge in [0.05, 0.1) is 6.42 Å². The van der Waals surface area contributed by atoms with Gasteiger partial charge in [0.1, 0.15) is 21.8 Å². The van der Waals surface area contributed by atoms with Gasteiger partial charge < -0.3 is 4.55 Å². The van der Waals surface area contributed by atoms with Crippen LogP contribution in [-0.2, 0) is 11.4 Å². The second kappa shape index (κ2) is 12.0. The van der Waals surface area contributed by atoms with Crippen molar-refractivity contribution in [2.75, 3.05) is 0 Å². The lowest BCUT2D eigenvalue weighted by atomic mass is 10.1. The quantitative estimate of drug-likeness (QED) is 0.253. The van der Waals surface area contributed by atoms with Crippen LogP contribution in [0.3, 0.4) is 0 Å². The van der Waals surface area contributed by atoms with Crippen LogP contribution in [0.2, 0.25) is 0 Å². The maximum atomic E-state index is 12.6. The van der Waals surface area contributed by atoms with Crippen molar-refractivity contribution < 1.29 is 17.7 Å². The Kier molecular flexibility index (Phi) is 11.8. The summed E-state index contributed by atoms with van der Waals surface area (Å²) in [7, 11) is 0. The first-order valence-electron chi connectivity index (χ1n) is 8.73. The third kappa shape index (κ3) is 12.0. The van der Waals surface area contributed by atoms with Crippen molar-refractivity contribution in [1.29, 1.82) is 0 Å². The van der Waals surface area contributed by atoms with E-state index in [4.69, 9.17) is 0 Å². The molecule has 1 aromatic carbocycles. The standard InChI is InChI=1S/C13H15BrF3NOS.C6H14/c1-12(2,3)20(19)18-11(8-13(15,16)17)9-5-4-6-10(14)7-9;1-3-5-6-4-2/h4-7H,8H2,1-3H3;3-6H2,1-2H3/b18-11-;. The molecular formula is C19H29BrF3NOS. The molecule has 0 aliphatic carbocycles. The summed E-state index contributed by atoms with van der Waals surface area (Å²) >= 11 is 1.47. The van der Waals surface area contributed by atoms with Crippen LogP contribution in [0.1, 0.15) is 72.3 Å². The molecule has 0 saturated heterocycles. The lowest BCUT2D eigenvalue weighted by molar-refractivity contribution is -0.121. The third-order valence-electron chi connectivity index (χ3n) is 3.20. The summed E-state index contributed by atoms with van der Waals surface area (Å²) in [5, 5.41) is 0. The molecule has 26 heavy (non-hydrogen) atoms. The number of unbranched alkanes of at least 4 members (excludes halogenated alkanes) is 3. The van der Waals surface area contributed by atoms with Gasteiger partial charge in [-0.05, 0) is 32.9 Å². The number of nitrogens with zero attached hydrogens (tertiary/aromatic N) is 1. The summed E-state index contributed by atoms with van der Waals surface area (Å²) in [5.74, 6) is 0. The molecule has 0 heterocycles. The van der Waals surface area contributed by atoms with Crippen molar-refractivity contribution in [1.82, 2.24) is 0 Å². The van der Waals surface area contributed by atoms with Crippen LogP contribution < -0.4 is 0 Å². The van der Waals surface area contributed by atoms with E-state index in [9.17, 15) is 17.7 Å². The molecule has 0 saturated carbocycles. The molecule has 0 bridgehead atoms. The summed E-state index contributed by atoms with van der Waals surface area (Å²) in [6, 6.07) is 6.38. The normalized spacial score (nSPS) is 13.8. The predicted molar refractivity (Wildman–Crippen MR) is 109 cm³/mol. The zero-order valence-corrected chi connectivity index (χ0v) is 18.5. The molecule has 1 aromatic rings. The smallest absolute Gasteiger partial charge is 0.394 e. The number of benzene rings is 1. The maximum absolute atomic E-state index is 12.6. The molecule has 0 aliphatic heterocycles. The minimum absolute atomic E-state index is 0.216. The van der Waals surface area contributed by atoms with Crippen molar-refractivity contribution in [3.63, 3.8) is 0 Å². The zero-order chi connectivity index (χ0) is 20.4. The van der Waals surface area contributed by atoms with E-state index in [0.717, 1.165) is 0 Å². The average molecular weight is 456 g/mol. The molecule has 0 amide bonds. The first-order valence-corrected chi connectivity index (χ1v) is 10.6.